The Morgan fingerprint density at radius 2 is 2.10 bits per heavy atom. The van der Waals surface area contributed by atoms with Crippen LogP contribution in [0.3, 0.4) is 0 Å². The number of hydrogen-bond donors (Lipinski definition) is 2. The first-order valence-electron chi connectivity index (χ1n) is 6.60. The monoisotopic (exact) mass is 310 g/mol. The van der Waals surface area contributed by atoms with Gasteiger partial charge in [-0.25, -0.2) is 4.98 Å². The molecule has 1 amide bonds. The van der Waals surface area contributed by atoms with Gasteiger partial charge in [0.2, 0.25) is 0 Å². The van der Waals surface area contributed by atoms with Crippen LogP contribution in [0.15, 0.2) is 29.3 Å². The molecule has 0 aliphatic rings. The third-order valence-corrected chi connectivity index (χ3v) is 2.93. The number of carbonyl (C=O) groups is 1. The van der Waals surface area contributed by atoms with E-state index >= 15 is 0 Å². The fraction of sp³-hybridized carbons (Fsp3) is 0.357. The van der Waals surface area contributed by atoms with Crippen LogP contribution in [0.25, 0.3) is 5.65 Å². The van der Waals surface area contributed by atoms with Gasteiger partial charge in [-0.05, 0) is 25.1 Å². The summed E-state index contributed by atoms with van der Waals surface area (Å²) in [5, 5.41) is 5.79. The van der Waals surface area contributed by atoms with E-state index in [1.807, 2.05) is 19.9 Å². The van der Waals surface area contributed by atoms with Crippen LogP contribution in [0.4, 0.5) is 0 Å². The SMILES string of the molecule is CCNCCNC(=O)c1cnc2ccc(C)cn2c1=O.Cl. The molecule has 2 N–H and O–H groups in total. The standard InChI is InChI=1S/C14H18N4O2.ClH/c1-3-15-6-7-16-13(19)11-8-17-12-5-4-10(2)9-18(12)14(11)20;/h4-5,8-9,15H,3,6-7H2,1-2H3,(H,16,19);1H. The molecular formula is C14H19ClN4O2. The van der Waals surface area contributed by atoms with E-state index in [2.05, 4.69) is 15.6 Å². The average Bonchev–Trinajstić information content (AvgIpc) is 2.44. The van der Waals surface area contributed by atoms with Crippen molar-refractivity contribution in [3.05, 3.63) is 46.0 Å². The van der Waals surface area contributed by atoms with Gasteiger partial charge in [0.1, 0.15) is 11.2 Å². The van der Waals surface area contributed by atoms with E-state index in [1.54, 1.807) is 12.3 Å². The zero-order valence-corrected chi connectivity index (χ0v) is 12.9. The molecule has 0 atom stereocenters. The Hall–Kier alpha value is -1.92. The quantitative estimate of drug-likeness (QED) is 0.800. The second kappa shape index (κ2) is 7.75. The van der Waals surface area contributed by atoms with Crippen LogP contribution in [-0.2, 0) is 0 Å². The van der Waals surface area contributed by atoms with Crippen molar-refractivity contribution in [2.75, 3.05) is 19.6 Å². The van der Waals surface area contributed by atoms with Gasteiger partial charge in [-0.1, -0.05) is 13.0 Å². The molecule has 0 aromatic carbocycles. The fourth-order valence-corrected chi connectivity index (χ4v) is 1.87. The zero-order chi connectivity index (χ0) is 14.5. The lowest BCUT2D eigenvalue weighted by atomic mass is 10.2. The number of pyridine rings is 1. The van der Waals surface area contributed by atoms with Crippen molar-refractivity contribution in [1.82, 2.24) is 20.0 Å². The number of fused-ring (bicyclic) bond motifs is 1. The summed E-state index contributed by atoms with van der Waals surface area (Å²) in [5.41, 5.74) is 1.18. The molecule has 0 bridgehead atoms. The predicted molar refractivity (Wildman–Crippen MR) is 84.3 cm³/mol. The van der Waals surface area contributed by atoms with Crippen LogP contribution in [0.5, 0.6) is 0 Å². The number of nitrogens with zero attached hydrogens (tertiary/aromatic N) is 2. The molecule has 0 radical (unpaired) electrons. The highest BCUT2D eigenvalue weighted by molar-refractivity contribution is 5.93. The molecule has 0 saturated heterocycles. The van der Waals surface area contributed by atoms with Crippen molar-refractivity contribution in [1.29, 1.82) is 0 Å². The summed E-state index contributed by atoms with van der Waals surface area (Å²) in [4.78, 5) is 28.4. The minimum atomic E-state index is -0.392. The van der Waals surface area contributed by atoms with Crippen molar-refractivity contribution >= 4 is 24.0 Å². The topological polar surface area (TPSA) is 75.5 Å². The summed E-state index contributed by atoms with van der Waals surface area (Å²) in [6.07, 6.45) is 3.01. The number of hydrogen-bond acceptors (Lipinski definition) is 4. The number of amides is 1. The van der Waals surface area contributed by atoms with Crippen LogP contribution >= 0.6 is 12.4 Å². The molecule has 2 aromatic rings. The summed E-state index contributed by atoms with van der Waals surface area (Å²) >= 11 is 0. The number of aromatic nitrogens is 2. The minimum absolute atomic E-state index is 0. The van der Waals surface area contributed by atoms with E-state index in [-0.39, 0.29) is 23.5 Å². The third-order valence-electron chi connectivity index (χ3n) is 2.93. The number of halogens is 1. The van der Waals surface area contributed by atoms with E-state index in [9.17, 15) is 9.59 Å². The number of rotatable bonds is 5. The maximum Gasteiger partial charge on any atom is 0.270 e. The van der Waals surface area contributed by atoms with E-state index in [0.717, 1.165) is 12.1 Å². The van der Waals surface area contributed by atoms with E-state index in [1.165, 1.54) is 10.6 Å². The van der Waals surface area contributed by atoms with E-state index in [4.69, 9.17) is 0 Å². The highest BCUT2D eigenvalue weighted by Crippen LogP contribution is 2.01. The molecule has 2 heterocycles. The Labute approximate surface area is 129 Å². The Morgan fingerprint density at radius 3 is 2.81 bits per heavy atom. The molecule has 0 unspecified atom stereocenters. The number of nitrogens with one attached hydrogen (secondary N) is 2. The minimum Gasteiger partial charge on any atom is -0.351 e. The Bertz CT molecular complexity index is 684. The van der Waals surface area contributed by atoms with Crippen molar-refractivity contribution < 1.29 is 4.79 Å². The lowest BCUT2D eigenvalue weighted by Gasteiger charge is -2.06. The largest absolute Gasteiger partial charge is 0.351 e. The molecule has 7 heteroatoms. The molecular weight excluding hydrogens is 292 g/mol. The third kappa shape index (κ3) is 4.03. The summed E-state index contributed by atoms with van der Waals surface area (Å²) in [6, 6.07) is 3.63. The van der Waals surface area contributed by atoms with Gasteiger partial charge in [0.05, 0.1) is 0 Å². The molecule has 0 aliphatic heterocycles. The number of aryl methyl sites for hydroxylation is 1. The number of carbonyl (C=O) groups excluding carboxylic acids is 1. The normalized spacial score (nSPS) is 10.2. The smallest absolute Gasteiger partial charge is 0.270 e. The highest BCUT2D eigenvalue weighted by atomic mass is 35.5. The van der Waals surface area contributed by atoms with Gasteiger partial charge in [-0.2, -0.15) is 0 Å². The molecule has 6 nitrogen and oxygen atoms in total. The van der Waals surface area contributed by atoms with Crippen LogP contribution in [0.1, 0.15) is 22.8 Å². The number of likely N-dealkylation sites (N-methyl/N-ethyl adjacent to an activating group) is 1. The van der Waals surface area contributed by atoms with Gasteiger partial charge in [-0.15, -0.1) is 12.4 Å². The average molecular weight is 311 g/mol. The van der Waals surface area contributed by atoms with Crippen molar-refractivity contribution in [2.24, 2.45) is 0 Å². The van der Waals surface area contributed by atoms with Gasteiger partial charge >= 0.3 is 0 Å². The predicted octanol–water partition coefficient (Wildman–Crippen LogP) is 0.764. The van der Waals surface area contributed by atoms with Gasteiger partial charge in [0.25, 0.3) is 11.5 Å². The van der Waals surface area contributed by atoms with Gasteiger partial charge in [0, 0.05) is 25.5 Å². The molecule has 2 aromatic heterocycles. The van der Waals surface area contributed by atoms with Crippen LogP contribution in [0, 0.1) is 6.92 Å². The van der Waals surface area contributed by atoms with Gasteiger partial charge < -0.3 is 10.6 Å². The van der Waals surface area contributed by atoms with Crippen LogP contribution in [-0.4, -0.2) is 34.9 Å². The van der Waals surface area contributed by atoms with Crippen LogP contribution in [0.2, 0.25) is 0 Å². The van der Waals surface area contributed by atoms with Gasteiger partial charge in [0.15, 0.2) is 0 Å². The first-order chi connectivity index (χ1) is 9.63. The molecule has 114 valence electrons. The molecule has 21 heavy (non-hydrogen) atoms. The molecule has 2 rings (SSSR count). The first-order valence-corrected chi connectivity index (χ1v) is 6.60. The second-order valence-corrected chi connectivity index (χ2v) is 4.52. The highest BCUT2D eigenvalue weighted by Gasteiger charge is 2.12. The summed E-state index contributed by atoms with van der Waals surface area (Å²) in [5.74, 6) is -0.392. The molecule has 0 fully saturated rings. The molecule has 0 saturated carbocycles. The maximum absolute atomic E-state index is 12.3. The summed E-state index contributed by atoms with van der Waals surface area (Å²) in [6.45, 7) is 5.86. The second-order valence-electron chi connectivity index (χ2n) is 4.52. The zero-order valence-electron chi connectivity index (χ0n) is 12.0. The summed E-state index contributed by atoms with van der Waals surface area (Å²) in [7, 11) is 0. The van der Waals surface area contributed by atoms with Crippen molar-refractivity contribution in [3.63, 3.8) is 0 Å². The maximum atomic E-state index is 12.3. The lowest BCUT2D eigenvalue weighted by Crippen LogP contribution is -2.35. The van der Waals surface area contributed by atoms with E-state index < -0.39 is 5.91 Å². The molecule has 0 spiro atoms. The van der Waals surface area contributed by atoms with E-state index in [0.29, 0.717) is 18.7 Å². The summed E-state index contributed by atoms with van der Waals surface area (Å²) < 4.78 is 1.40. The fourth-order valence-electron chi connectivity index (χ4n) is 1.87. The first kappa shape index (κ1) is 17.1. The Morgan fingerprint density at radius 1 is 1.33 bits per heavy atom. The Kier molecular flexibility index (Phi) is 6.33. The van der Waals surface area contributed by atoms with Crippen LogP contribution < -0.4 is 16.2 Å². The van der Waals surface area contributed by atoms with Gasteiger partial charge in [-0.3, -0.25) is 14.0 Å². The lowest BCUT2D eigenvalue weighted by molar-refractivity contribution is 0.0952. The van der Waals surface area contributed by atoms with Crippen molar-refractivity contribution in [2.45, 2.75) is 13.8 Å². The Balaban J connectivity index is 0.00000220. The van der Waals surface area contributed by atoms with Crippen molar-refractivity contribution in [3.8, 4) is 0 Å². The molecule has 0 aliphatic carbocycles.